The second-order valence-corrected chi connectivity index (χ2v) is 11.1. The molecule has 1 aromatic heterocycles. The monoisotopic (exact) mass is 551 g/mol. The number of carbonyl (C=O) groups is 2. The Morgan fingerprint density at radius 2 is 1.83 bits per heavy atom. The predicted octanol–water partition coefficient (Wildman–Crippen LogP) is 4.31. The van der Waals surface area contributed by atoms with Crippen LogP contribution in [0.15, 0.2) is 65.9 Å². The van der Waals surface area contributed by atoms with Crippen molar-refractivity contribution in [2.24, 2.45) is 4.99 Å². The van der Waals surface area contributed by atoms with Crippen molar-refractivity contribution in [3.63, 3.8) is 0 Å². The number of piperidine rings is 1. The number of likely N-dealkylation sites (N-methyl/N-ethyl adjacent to an activating group) is 1. The van der Waals surface area contributed by atoms with Gasteiger partial charge in [0, 0.05) is 66.8 Å². The van der Waals surface area contributed by atoms with Crippen LogP contribution in [0, 0.1) is 6.92 Å². The van der Waals surface area contributed by atoms with Crippen molar-refractivity contribution in [1.29, 1.82) is 0 Å². The summed E-state index contributed by atoms with van der Waals surface area (Å²) >= 11 is 0. The minimum atomic E-state index is -0.527. The normalized spacial score (nSPS) is 20.9. The molecule has 1 amide bonds. The molecule has 3 aliphatic rings. The summed E-state index contributed by atoms with van der Waals surface area (Å²) in [6.07, 6.45) is 8.92. The highest BCUT2D eigenvalue weighted by atomic mass is 16.2. The van der Waals surface area contributed by atoms with Crippen LogP contribution in [0.4, 0.5) is 22.7 Å². The van der Waals surface area contributed by atoms with Crippen molar-refractivity contribution < 1.29 is 9.59 Å². The van der Waals surface area contributed by atoms with Gasteiger partial charge in [-0.3, -0.25) is 20.0 Å². The van der Waals surface area contributed by atoms with E-state index in [1.165, 1.54) is 0 Å². The summed E-state index contributed by atoms with van der Waals surface area (Å²) in [5.41, 5.74) is 6.03. The molecule has 1 N–H and O–H groups in total. The maximum Gasteiger partial charge on any atom is 0.259 e. The molecule has 0 aliphatic carbocycles. The maximum atomic E-state index is 13.9. The number of nitrogens with zero attached hydrogens (tertiary/aromatic N) is 6. The van der Waals surface area contributed by atoms with Crippen molar-refractivity contribution >= 4 is 41.3 Å². The van der Waals surface area contributed by atoms with Gasteiger partial charge in [-0.15, -0.1) is 0 Å². The molecule has 9 nitrogen and oxygen atoms in total. The van der Waals surface area contributed by atoms with Gasteiger partial charge in [0.15, 0.2) is 0 Å². The highest BCUT2D eigenvalue weighted by Crippen LogP contribution is 2.40. The molecule has 2 aromatic carbocycles. The molecule has 3 aromatic rings. The lowest BCUT2D eigenvalue weighted by Gasteiger charge is -2.37. The summed E-state index contributed by atoms with van der Waals surface area (Å²) in [5, 5.41) is 3.54. The van der Waals surface area contributed by atoms with Gasteiger partial charge in [-0.1, -0.05) is 6.07 Å². The third-order valence-electron chi connectivity index (χ3n) is 8.44. The molecule has 2 atom stereocenters. The van der Waals surface area contributed by atoms with Crippen molar-refractivity contribution in [2.45, 2.75) is 38.4 Å². The fourth-order valence-electron chi connectivity index (χ4n) is 6.01. The zero-order valence-corrected chi connectivity index (χ0v) is 23.7. The van der Waals surface area contributed by atoms with Crippen molar-refractivity contribution in [2.75, 3.05) is 54.5 Å². The van der Waals surface area contributed by atoms with Crippen LogP contribution >= 0.6 is 0 Å². The van der Waals surface area contributed by atoms with Gasteiger partial charge in [0.1, 0.15) is 12.3 Å². The largest absolute Gasteiger partial charge is 0.369 e. The second kappa shape index (κ2) is 11.8. The number of carbonyl (C=O) groups excluding carboxylic acids is 2. The van der Waals surface area contributed by atoms with E-state index in [1.807, 2.05) is 41.0 Å². The zero-order chi connectivity index (χ0) is 28.3. The number of hydrogen-bond donors (Lipinski definition) is 1. The minimum Gasteiger partial charge on any atom is -0.369 e. The average Bonchev–Trinajstić information content (AvgIpc) is 3.02. The van der Waals surface area contributed by atoms with E-state index in [9.17, 15) is 9.59 Å². The fourth-order valence-corrected chi connectivity index (χ4v) is 6.01. The summed E-state index contributed by atoms with van der Waals surface area (Å²) < 4.78 is 0. The molecule has 6 rings (SSSR count). The highest BCUT2D eigenvalue weighted by Gasteiger charge is 2.31. The number of nitrogens with one attached hydrogen (secondary N) is 1. The van der Waals surface area contributed by atoms with Gasteiger partial charge in [-0.05, 0) is 87.8 Å². The number of hydrogen-bond acceptors (Lipinski definition) is 8. The van der Waals surface area contributed by atoms with E-state index in [-0.39, 0.29) is 12.1 Å². The smallest absolute Gasteiger partial charge is 0.259 e. The molecule has 9 heteroatoms. The average molecular weight is 552 g/mol. The van der Waals surface area contributed by atoms with Gasteiger partial charge in [0.25, 0.3) is 5.91 Å². The topological polar surface area (TPSA) is 84.4 Å². The maximum absolute atomic E-state index is 13.9. The van der Waals surface area contributed by atoms with E-state index in [1.54, 1.807) is 30.9 Å². The van der Waals surface area contributed by atoms with Crippen molar-refractivity contribution in [3.05, 3.63) is 77.6 Å². The number of anilines is 3. The Bertz CT molecular complexity index is 1430. The Hall–Kier alpha value is -4.08. The fraction of sp³-hybridized carbons (Fsp3) is 0.375. The first kappa shape index (κ1) is 27.1. The third kappa shape index (κ3) is 5.47. The molecular formula is C32H37N7O2. The van der Waals surface area contributed by atoms with Crippen molar-refractivity contribution in [1.82, 2.24) is 15.2 Å². The molecule has 2 fully saturated rings. The number of fused-ring (bicyclic) bond motifs is 1. The molecule has 41 heavy (non-hydrogen) atoms. The van der Waals surface area contributed by atoms with Gasteiger partial charge >= 0.3 is 0 Å². The van der Waals surface area contributed by atoms with Gasteiger partial charge in [0.05, 0.1) is 18.2 Å². The van der Waals surface area contributed by atoms with Crippen LogP contribution in [0.1, 0.15) is 46.8 Å². The van der Waals surface area contributed by atoms with Gasteiger partial charge in [-0.25, -0.2) is 4.99 Å². The number of benzene rings is 2. The zero-order valence-electron chi connectivity index (χ0n) is 23.7. The van der Waals surface area contributed by atoms with Crippen LogP contribution in [0.3, 0.4) is 0 Å². The van der Waals surface area contributed by atoms with Crippen LogP contribution < -0.4 is 20.0 Å². The van der Waals surface area contributed by atoms with E-state index >= 15 is 0 Å². The third-order valence-corrected chi connectivity index (χ3v) is 8.44. The second-order valence-electron chi connectivity index (χ2n) is 11.1. The lowest BCUT2D eigenvalue weighted by Crippen LogP contribution is -2.51. The first-order valence-corrected chi connectivity index (χ1v) is 14.5. The number of aldehydes is 1. The Morgan fingerprint density at radius 3 is 2.56 bits per heavy atom. The first-order valence-electron chi connectivity index (χ1n) is 14.5. The van der Waals surface area contributed by atoms with Gasteiger partial charge in [-0.2, -0.15) is 0 Å². The lowest BCUT2D eigenvalue weighted by atomic mass is 9.99. The van der Waals surface area contributed by atoms with Crippen LogP contribution in [0.2, 0.25) is 0 Å². The summed E-state index contributed by atoms with van der Waals surface area (Å²) in [4.78, 5) is 43.9. The van der Waals surface area contributed by atoms with E-state index in [0.29, 0.717) is 5.56 Å². The van der Waals surface area contributed by atoms with Crippen LogP contribution in [0.5, 0.6) is 0 Å². The first-order chi connectivity index (χ1) is 20.0. The molecule has 0 spiro atoms. The van der Waals surface area contributed by atoms with E-state index in [0.717, 1.165) is 92.1 Å². The number of aromatic nitrogens is 1. The summed E-state index contributed by atoms with van der Waals surface area (Å²) in [6.45, 7) is 6.81. The molecule has 3 aliphatic heterocycles. The number of aliphatic imine (C=N–C) groups is 1. The molecule has 0 radical (unpaired) electrons. The Kier molecular flexibility index (Phi) is 7.80. The number of pyridine rings is 1. The standard InChI is InChI=1S/C32H37N7O2/c1-23-6-7-26(39(31-5-3-4-12-34-31)32(41)24-10-13-33-14-11-24)20-29(23)38-22-35-28-9-8-25(19-27(28)30(38)21-40)37-17-15-36(2)16-18-37/h6-11,13-14,19-22,30-31,34H,3-5,12,15-18H2,1-2H3. The molecule has 212 valence electrons. The SMILES string of the molecule is Cc1ccc(N(C(=O)c2ccncc2)C2CCCCN2)cc1N1C=Nc2ccc(N3CCN(C)CC3)cc2C1C=O. The number of aryl methyl sites for hydroxylation is 1. The Morgan fingerprint density at radius 1 is 1.02 bits per heavy atom. The number of amides is 1. The number of rotatable bonds is 6. The molecule has 2 saturated heterocycles. The van der Waals surface area contributed by atoms with Crippen LogP contribution in [0.25, 0.3) is 0 Å². The minimum absolute atomic E-state index is 0.0805. The van der Waals surface area contributed by atoms with E-state index in [2.05, 4.69) is 39.3 Å². The van der Waals surface area contributed by atoms with Crippen LogP contribution in [-0.4, -0.2) is 74.4 Å². The highest BCUT2D eigenvalue weighted by molar-refractivity contribution is 6.07. The molecule has 4 heterocycles. The van der Waals surface area contributed by atoms with Gasteiger partial charge < -0.3 is 19.5 Å². The summed E-state index contributed by atoms with van der Waals surface area (Å²) in [7, 11) is 2.14. The Balaban J connectivity index is 1.36. The lowest BCUT2D eigenvalue weighted by molar-refractivity contribution is -0.108. The van der Waals surface area contributed by atoms with E-state index in [4.69, 9.17) is 4.99 Å². The molecule has 0 saturated carbocycles. The molecule has 2 unspecified atom stereocenters. The molecule has 0 bridgehead atoms. The predicted molar refractivity (Wildman–Crippen MR) is 163 cm³/mol. The quantitative estimate of drug-likeness (QED) is 0.457. The number of piperazine rings is 1. The summed E-state index contributed by atoms with van der Waals surface area (Å²) in [5.74, 6) is -0.0805. The van der Waals surface area contributed by atoms with Crippen LogP contribution in [-0.2, 0) is 4.79 Å². The Labute approximate surface area is 241 Å². The molecular weight excluding hydrogens is 514 g/mol. The van der Waals surface area contributed by atoms with E-state index < -0.39 is 6.04 Å². The summed E-state index contributed by atoms with van der Waals surface area (Å²) in [6, 6.07) is 15.2. The van der Waals surface area contributed by atoms with Gasteiger partial charge in [0.2, 0.25) is 0 Å². The van der Waals surface area contributed by atoms with Crippen molar-refractivity contribution in [3.8, 4) is 0 Å².